The SMILES string of the molecule is Nc1nc(SCCc2ccccc2)nc2c1ncn2[C@H]1C(O)C(O)[C@]2(CO)C[C@H]12. The first kappa shape index (κ1) is 18.8. The summed E-state index contributed by atoms with van der Waals surface area (Å²) in [4.78, 5) is 13.4. The van der Waals surface area contributed by atoms with Gasteiger partial charge in [-0.3, -0.25) is 0 Å². The van der Waals surface area contributed by atoms with Crippen LogP contribution in [0, 0.1) is 11.3 Å². The van der Waals surface area contributed by atoms with Gasteiger partial charge in [0.05, 0.1) is 25.1 Å². The highest BCUT2D eigenvalue weighted by Crippen LogP contribution is 2.67. The van der Waals surface area contributed by atoms with Gasteiger partial charge in [0.15, 0.2) is 16.6 Å². The second-order valence-corrected chi connectivity index (χ2v) is 8.99. The Labute approximate surface area is 171 Å². The predicted molar refractivity (Wildman–Crippen MR) is 109 cm³/mol. The number of aliphatic hydroxyl groups is 3. The van der Waals surface area contributed by atoms with E-state index in [9.17, 15) is 15.3 Å². The minimum atomic E-state index is -0.983. The van der Waals surface area contributed by atoms with E-state index < -0.39 is 23.7 Å². The number of imidazole rings is 1. The molecular formula is C20H23N5O3S. The van der Waals surface area contributed by atoms with Gasteiger partial charge in [0.1, 0.15) is 11.6 Å². The Balaban J connectivity index is 1.41. The summed E-state index contributed by atoms with van der Waals surface area (Å²) in [6.07, 6.45) is 1.22. The summed E-state index contributed by atoms with van der Waals surface area (Å²) in [5, 5.41) is 31.3. The average Bonchev–Trinajstić information content (AvgIpc) is 3.24. The number of aromatic nitrogens is 4. The van der Waals surface area contributed by atoms with E-state index in [1.165, 1.54) is 17.3 Å². The van der Waals surface area contributed by atoms with Gasteiger partial charge < -0.3 is 25.6 Å². The fourth-order valence-electron chi connectivity index (χ4n) is 4.66. The van der Waals surface area contributed by atoms with Crippen molar-refractivity contribution in [2.45, 2.75) is 36.2 Å². The van der Waals surface area contributed by atoms with Gasteiger partial charge in [-0.1, -0.05) is 42.1 Å². The molecule has 5 atom stereocenters. The Hall–Kier alpha value is -2.20. The molecule has 0 bridgehead atoms. The van der Waals surface area contributed by atoms with Crippen molar-refractivity contribution in [1.29, 1.82) is 0 Å². The molecule has 0 aliphatic heterocycles. The third kappa shape index (κ3) is 2.92. The number of nitrogens with zero attached hydrogens (tertiary/aromatic N) is 4. The fraction of sp³-hybridized carbons (Fsp3) is 0.450. The first-order valence-corrected chi connectivity index (χ1v) is 10.7. The maximum Gasteiger partial charge on any atom is 0.191 e. The lowest BCUT2D eigenvalue weighted by molar-refractivity contribution is -0.0300. The van der Waals surface area contributed by atoms with Crippen molar-refractivity contribution < 1.29 is 15.3 Å². The molecule has 9 heteroatoms. The minimum absolute atomic E-state index is 0.0136. The van der Waals surface area contributed by atoms with Crippen LogP contribution in [0.25, 0.3) is 11.2 Å². The summed E-state index contributed by atoms with van der Waals surface area (Å²) in [6.45, 7) is -0.142. The summed E-state index contributed by atoms with van der Waals surface area (Å²) >= 11 is 1.52. The lowest BCUT2D eigenvalue weighted by atomic mass is 10.0. The Morgan fingerprint density at radius 1 is 1.21 bits per heavy atom. The van der Waals surface area contributed by atoms with E-state index in [0.29, 0.717) is 28.6 Å². The standard InChI is InChI=1S/C20H23N5O3S/c21-17-13-18(24-19(23-17)29-7-6-11-4-2-1-3-5-11)25(10-22-13)14-12-8-20(12,9-26)16(28)15(14)27/h1-5,10,12,14-16,26-28H,6-9H2,(H2,21,23,24)/t12-,14-,15?,16?,20+/m1/s1. The number of nitrogen functional groups attached to an aromatic ring is 1. The quantitative estimate of drug-likeness (QED) is 0.348. The van der Waals surface area contributed by atoms with Crippen LogP contribution in [0.15, 0.2) is 41.8 Å². The molecule has 5 N–H and O–H groups in total. The van der Waals surface area contributed by atoms with Crippen molar-refractivity contribution in [1.82, 2.24) is 19.5 Å². The van der Waals surface area contributed by atoms with Crippen molar-refractivity contribution in [3.63, 3.8) is 0 Å². The van der Waals surface area contributed by atoms with E-state index in [4.69, 9.17) is 5.73 Å². The third-order valence-corrected chi connectivity index (χ3v) is 7.21. The summed E-state index contributed by atoms with van der Waals surface area (Å²) < 4.78 is 1.79. The molecule has 0 saturated heterocycles. The molecule has 0 spiro atoms. The van der Waals surface area contributed by atoms with Crippen LogP contribution < -0.4 is 5.73 Å². The zero-order chi connectivity index (χ0) is 20.2. The fourth-order valence-corrected chi connectivity index (χ4v) is 5.49. The summed E-state index contributed by atoms with van der Waals surface area (Å²) in [6, 6.07) is 9.82. The maximum atomic E-state index is 10.6. The van der Waals surface area contributed by atoms with Gasteiger partial charge in [0.2, 0.25) is 0 Å². The molecule has 3 aromatic rings. The van der Waals surface area contributed by atoms with E-state index in [0.717, 1.165) is 12.2 Å². The molecule has 2 aromatic heterocycles. The highest BCUT2D eigenvalue weighted by Gasteiger charge is 2.71. The first-order chi connectivity index (χ1) is 14.0. The van der Waals surface area contributed by atoms with Gasteiger partial charge in [0, 0.05) is 11.2 Å². The molecule has 2 heterocycles. The number of rotatable bonds is 6. The summed E-state index contributed by atoms with van der Waals surface area (Å²) in [5.74, 6) is 1.10. The number of nitrogens with two attached hydrogens (primary N) is 1. The molecule has 2 aliphatic rings. The second-order valence-electron chi connectivity index (χ2n) is 7.93. The average molecular weight is 414 g/mol. The monoisotopic (exact) mass is 413 g/mol. The van der Waals surface area contributed by atoms with Crippen molar-refractivity contribution in [3.05, 3.63) is 42.2 Å². The largest absolute Gasteiger partial charge is 0.396 e. The Bertz CT molecular complexity index is 1050. The molecule has 2 unspecified atom stereocenters. The number of hydrogen-bond acceptors (Lipinski definition) is 8. The van der Waals surface area contributed by atoms with Crippen LogP contribution in [-0.2, 0) is 6.42 Å². The molecule has 1 aromatic carbocycles. The van der Waals surface area contributed by atoms with Crippen LogP contribution in [0.2, 0.25) is 0 Å². The van der Waals surface area contributed by atoms with Crippen molar-refractivity contribution in [3.8, 4) is 0 Å². The molecule has 29 heavy (non-hydrogen) atoms. The van der Waals surface area contributed by atoms with Crippen LogP contribution in [-0.4, -0.2) is 59.4 Å². The highest BCUT2D eigenvalue weighted by atomic mass is 32.2. The van der Waals surface area contributed by atoms with Gasteiger partial charge in [0.25, 0.3) is 0 Å². The molecule has 152 valence electrons. The van der Waals surface area contributed by atoms with Crippen LogP contribution in [0.3, 0.4) is 0 Å². The zero-order valence-corrected chi connectivity index (χ0v) is 16.5. The summed E-state index contributed by atoms with van der Waals surface area (Å²) in [7, 11) is 0. The van der Waals surface area contributed by atoms with Crippen LogP contribution in [0.4, 0.5) is 5.82 Å². The number of aliphatic hydroxyl groups excluding tert-OH is 3. The molecule has 8 nitrogen and oxygen atoms in total. The van der Waals surface area contributed by atoms with E-state index in [2.05, 4.69) is 27.1 Å². The molecule has 0 radical (unpaired) electrons. The third-order valence-electron chi connectivity index (χ3n) is 6.36. The number of benzene rings is 1. The zero-order valence-electron chi connectivity index (χ0n) is 15.7. The van der Waals surface area contributed by atoms with Crippen LogP contribution >= 0.6 is 11.8 Å². The predicted octanol–water partition coefficient (Wildman–Crippen LogP) is 1.02. The molecular weight excluding hydrogens is 390 g/mol. The van der Waals surface area contributed by atoms with Crippen LogP contribution in [0.5, 0.6) is 0 Å². The first-order valence-electron chi connectivity index (χ1n) is 9.69. The topological polar surface area (TPSA) is 130 Å². The number of fused-ring (bicyclic) bond motifs is 2. The number of aryl methyl sites for hydroxylation is 1. The van der Waals surface area contributed by atoms with Gasteiger partial charge in [-0.15, -0.1) is 0 Å². The van der Waals surface area contributed by atoms with E-state index in [-0.39, 0.29) is 12.5 Å². The Kier molecular flexibility index (Phi) is 4.50. The lowest BCUT2D eigenvalue weighted by Crippen LogP contribution is -2.35. The maximum absolute atomic E-state index is 10.6. The second kappa shape index (κ2) is 6.94. The number of anilines is 1. The molecule has 2 saturated carbocycles. The van der Waals surface area contributed by atoms with Crippen molar-refractivity contribution in [2.75, 3.05) is 18.1 Å². The van der Waals surface area contributed by atoms with Crippen LogP contribution in [0.1, 0.15) is 18.0 Å². The molecule has 5 rings (SSSR count). The van der Waals surface area contributed by atoms with Gasteiger partial charge in [-0.25, -0.2) is 15.0 Å². The van der Waals surface area contributed by atoms with Gasteiger partial charge >= 0.3 is 0 Å². The Morgan fingerprint density at radius 2 is 2.00 bits per heavy atom. The molecule has 0 amide bonds. The van der Waals surface area contributed by atoms with Gasteiger partial charge in [-0.05, 0) is 24.3 Å². The molecule has 2 fully saturated rings. The minimum Gasteiger partial charge on any atom is -0.396 e. The van der Waals surface area contributed by atoms with E-state index in [1.807, 2.05) is 18.2 Å². The Morgan fingerprint density at radius 3 is 2.72 bits per heavy atom. The smallest absolute Gasteiger partial charge is 0.191 e. The molecule has 2 aliphatic carbocycles. The number of thioether (sulfide) groups is 1. The highest BCUT2D eigenvalue weighted by molar-refractivity contribution is 7.99. The summed E-state index contributed by atoms with van der Waals surface area (Å²) in [5.41, 5.74) is 7.79. The van der Waals surface area contributed by atoms with Gasteiger partial charge in [-0.2, -0.15) is 0 Å². The van der Waals surface area contributed by atoms with Crippen molar-refractivity contribution in [2.24, 2.45) is 11.3 Å². The number of hydrogen-bond donors (Lipinski definition) is 4. The van der Waals surface area contributed by atoms with E-state index in [1.54, 1.807) is 10.9 Å². The lowest BCUT2D eigenvalue weighted by Gasteiger charge is -2.23. The normalized spacial score (nSPS) is 30.6. The van der Waals surface area contributed by atoms with E-state index >= 15 is 0 Å². The van der Waals surface area contributed by atoms with Crippen molar-refractivity contribution >= 4 is 28.7 Å².